The summed E-state index contributed by atoms with van der Waals surface area (Å²) in [6, 6.07) is 3.42. The average Bonchev–Trinajstić information content (AvgIpc) is 2.54. The number of rotatable bonds is 0. The maximum Gasteiger partial charge on any atom is 0.296 e. The second kappa shape index (κ2) is 4.57. The Morgan fingerprint density at radius 3 is 2.40 bits per heavy atom. The third-order valence-electron chi connectivity index (χ3n) is 2.09. The first-order valence-corrected chi connectivity index (χ1v) is 5.55. The van der Waals surface area contributed by atoms with Crippen molar-refractivity contribution in [1.29, 1.82) is 0 Å². The van der Waals surface area contributed by atoms with Crippen molar-refractivity contribution in [2.24, 2.45) is 0 Å². The number of halogens is 1. The zero-order chi connectivity index (χ0) is 11.6. The highest BCUT2D eigenvalue weighted by atomic mass is 79.9. The topological polar surface area (TPSA) is 46.2 Å². The molecule has 0 saturated heterocycles. The standard InChI is InChI=1S/C9H6BrNO2.C2H6/c1-4-6(10)3-2-5-7(4)11-9(13)8(5)12;1-2/h2-3H,1H3,(H,11,12,13);1-2H3. The van der Waals surface area contributed by atoms with Gasteiger partial charge in [0.1, 0.15) is 0 Å². The number of carbonyl (C=O) groups excluding carboxylic acids is 2. The minimum atomic E-state index is -0.545. The molecule has 0 spiro atoms. The molecule has 0 unspecified atom stereocenters. The van der Waals surface area contributed by atoms with E-state index < -0.39 is 11.7 Å². The smallest absolute Gasteiger partial charge is 0.296 e. The number of amides is 1. The number of ketones is 1. The zero-order valence-electron chi connectivity index (χ0n) is 8.85. The molecule has 1 aliphatic heterocycles. The number of benzene rings is 1. The minimum Gasteiger partial charge on any atom is -0.318 e. The molecular weight excluding hydrogens is 258 g/mol. The van der Waals surface area contributed by atoms with Gasteiger partial charge in [0.25, 0.3) is 11.7 Å². The Labute approximate surface area is 97.0 Å². The Morgan fingerprint density at radius 1 is 1.20 bits per heavy atom. The van der Waals surface area contributed by atoms with Crippen molar-refractivity contribution in [2.45, 2.75) is 20.8 Å². The van der Waals surface area contributed by atoms with E-state index in [9.17, 15) is 9.59 Å². The van der Waals surface area contributed by atoms with E-state index in [0.717, 1.165) is 10.0 Å². The average molecular weight is 270 g/mol. The Kier molecular flexibility index (Phi) is 3.63. The third kappa shape index (κ3) is 1.95. The van der Waals surface area contributed by atoms with E-state index in [1.165, 1.54) is 0 Å². The number of nitrogens with one attached hydrogen (secondary N) is 1. The molecule has 3 nitrogen and oxygen atoms in total. The van der Waals surface area contributed by atoms with Gasteiger partial charge in [-0.2, -0.15) is 0 Å². The van der Waals surface area contributed by atoms with Crippen molar-refractivity contribution < 1.29 is 9.59 Å². The number of carbonyl (C=O) groups is 2. The molecule has 0 saturated carbocycles. The van der Waals surface area contributed by atoms with E-state index in [1.54, 1.807) is 12.1 Å². The molecule has 1 aromatic rings. The molecule has 1 N–H and O–H groups in total. The lowest BCUT2D eigenvalue weighted by atomic mass is 10.1. The molecule has 0 aliphatic carbocycles. The van der Waals surface area contributed by atoms with Gasteiger partial charge < -0.3 is 5.32 Å². The van der Waals surface area contributed by atoms with Crippen molar-refractivity contribution in [2.75, 3.05) is 5.32 Å². The van der Waals surface area contributed by atoms with Crippen LogP contribution in [0.3, 0.4) is 0 Å². The summed E-state index contributed by atoms with van der Waals surface area (Å²) in [5.74, 6) is -0.998. The van der Waals surface area contributed by atoms with Gasteiger partial charge in [-0.3, -0.25) is 9.59 Å². The molecule has 0 bridgehead atoms. The summed E-state index contributed by atoms with van der Waals surface area (Å²) in [5, 5.41) is 2.54. The third-order valence-corrected chi connectivity index (χ3v) is 2.95. The second-order valence-electron chi connectivity index (χ2n) is 2.88. The van der Waals surface area contributed by atoms with Gasteiger partial charge in [-0.05, 0) is 24.6 Å². The molecule has 0 aromatic heterocycles. The molecule has 15 heavy (non-hydrogen) atoms. The van der Waals surface area contributed by atoms with Gasteiger partial charge >= 0.3 is 0 Å². The lowest BCUT2D eigenvalue weighted by Gasteiger charge is -2.03. The summed E-state index contributed by atoms with van der Waals surface area (Å²) in [6.45, 7) is 5.85. The SMILES string of the molecule is CC.Cc1c(Br)ccc2c1NC(=O)C2=O. The van der Waals surface area contributed by atoms with Crippen LogP contribution in [0.25, 0.3) is 0 Å². The van der Waals surface area contributed by atoms with Crippen molar-refractivity contribution >= 4 is 33.3 Å². The summed E-state index contributed by atoms with van der Waals surface area (Å²) >= 11 is 3.33. The van der Waals surface area contributed by atoms with E-state index >= 15 is 0 Å². The van der Waals surface area contributed by atoms with E-state index in [2.05, 4.69) is 21.2 Å². The predicted octanol–water partition coefficient (Wildman–Crippen LogP) is 2.92. The number of fused-ring (bicyclic) bond motifs is 1. The maximum absolute atomic E-state index is 11.2. The molecule has 80 valence electrons. The summed E-state index contributed by atoms with van der Waals surface area (Å²) in [5.41, 5.74) is 1.98. The van der Waals surface area contributed by atoms with Crippen LogP contribution in [-0.4, -0.2) is 11.7 Å². The van der Waals surface area contributed by atoms with Crippen LogP contribution in [0.4, 0.5) is 5.69 Å². The van der Waals surface area contributed by atoms with Crippen LogP contribution < -0.4 is 5.32 Å². The van der Waals surface area contributed by atoms with Crippen LogP contribution in [0.2, 0.25) is 0 Å². The van der Waals surface area contributed by atoms with Gasteiger partial charge in [-0.25, -0.2) is 0 Å². The molecule has 0 atom stereocenters. The minimum absolute atomic E-state index is 0.453. The Balaban J connectivity index is 0.000000531. The van der Waals surface area contributed by atoms with Crippen LogP contribution in [-0.2, 0) is 4.79 Å². The van der Waals surface area contributed by atoms with Gasteiger partial charge in [-0.1, -0.05) is 29.8 Å². The summed E-state index contributed by atoms with van der Waals surface area (Å²) in [7, 11) is 0. The first-order valence-electron chi connectivity index (χ1n) is 4.76. The molecule has 1 aliphatic rings. The van der Waals surface area contributed by atoms with Crippen LogP contribution in [0.15, 0.2) is 16.6 Å². The van der Waals surface area contributed by atoms with Gasteiger partial charge in [0.15, 0.2) is 0 Å². The molecule has 1 heterocycles. The van der Waals surface area contributed by atoms with Crippen molar-refractivity contribution in [1.82, 2.24) is 0 Å². The van der Waals surface area contributed by atoms with E-state index in [1.807, 2.05) is 20.8 Å². The lowest BCUT2D eigenvalue weighted by Crippen LogP contribution is -2.12. The fourth-order valence-electron chi connectivity index (χ4n) is 1.33. The Morgan fingerprint density at radius 2 is 1.80 bits per heavy atom. The molecule has 0 radical (unpaired) electrons. The van der Waals surface area contributed by atoms with Gasteiger partial charge in [-0.15, -0.1) is 0 Å². The van der Waals surface area contributed by atoms with Crippen molar-refractivity contribution in [3.63, 3.8) is 0 Å². The zero-order valence-corrected chi connectivity index (χ0v) is 10.4. The summed E-state index contributed by atoms with van der Waals surface area (Å²) in [4.78, 5) is 22.3. The van der Waals surface area contributed by atoms with Crippen LogP contribution in [0, 0.1) is 6.92 Å². The van der Waals surface area contributed by atoms with Crippen molar-refractivity contribution in [3.8, 4) is 0 Å². The quantitative estimate of drug-likeness (QED) is 0.737. The first kappa shape index (κ1) is 11.9. The van der Waals surface area contributed by atoms with Crippen molar-refractivity contribution in [3.05, 3.63) is 27.7 Å². The fraction of sp³-hybridized carbons (Fsp3) is 0.273. The summed E-state index contributed by atoms with van der Waals surface area (Å²) in [6.07, 6.45) is 0. The Bertz CT molecular complexity index is 427. The molecule has 4 heteroatoms. The first-order chi connectivity index (χ1) is 7.11. The number of Topliss-reactive ketones (excluding diaryl/α,β-unsaturated/α-hetero) is 1. The number of hydrogen-bond acceptors (Lipinski definition) is 2. The van der Waals surface area contributed by atoms with Gasteiger partial charge in [0, 0.05) is 4.47 Å². The van der Waals surface area contributed by atoms with Gasteiger partial charge in [0.2, 0.25) is 0 Å². The Hall–Kier alpha value is -1.16. The predicted molar refractivity (Wildman–Crippen MR) is 63.2 cm³/mol. The highest BCUT2D eigenvalue weighted by molar-refractivity contribution is 9.10. The van der Waals surface area contributed by atoms with Crippen LogP contribution in [0.1, 0.15) is 29.8 Å². The fourth-order valence-corrected chi connectivity index (χ4v) is 1.66. The molecule has 1 aromatic carbocycles. The largest absolute Gasteiger partial charge is 0.318 e. The number of anilines is 1. The van der Waals surface area contributed by atoms with Crippen LogP contribution >= 0.6 is 15.9 Å². The molecule has 2 rings (SSSR count). The van der Waals surface area contributed by atoms with E-state index in [0.29, 0.717) is 11.3 Å². The summed E-state index contributed by atoms with van der Waals surface area (Å²) < 4.78 is 0.890. The lowest BCUT2D eigenvalue weighted by molar-refractivity contribution is -0.112. The van der Waals surface area contributed by atoms with E-state index in [-0.39, 0.29) is 0 Å². The number of hydrogen-bond donors (Lipinski definition) is 1. The maximum atomic E-state index is 11.2. The molecule has 0 fully saturated rings. The normalized spacial score (nSPS) is 12.8. The van der Waals surface area contributed by atoms with Gasteiger partial charge in [0.05, 0.1) is 11.3 Å². The second-order valence-corrected chi connectivity index (χ2v) is 3.73. The monoisotopic (exact) mass is 269 g/mol. The molecular formula is C11H12BrNO2. The van der Waals surface area contributed by atoms with Crippen LogP contribution in [0.5, 0.6) is 0 Å². The highest BCUT2D eigenvalue weighted by Crippen LogP contribution is 2.31. The highest BCUT2D eigenvalue weighted by Gasteiger charge is 2.29. The molecule has 1 amide bonds. The van der Waals surface area contributed by atoms with E-state index in [4.69, 9.17) is 0 Å².